The maximum Gasteiger partial charge on any atom is 0.161 e. The summed E-state index contributed by atoms with van der Waals surface area (Å²) in [5.74, 6) is 0. The molecule has 2 heterocycles. The van der Waals surface area contributed by atoms with Crippen molar-refractivity contribution in [3.63, 3.8) is 0 Å². The molecule has 0 aliphatic rings. The highest BCUT2D eigenvalue weighted by molar-refractivity contribution is 9.10. The van der Waals surface area contributed by atoms with E-state index in [2.05, 4.69) is 31.1 Å². The molecule has 0 aromatic carbocycles. The summed E-state index contributed by atoms with van der Waals surface area (Å²) in [6.45, 7) is 0. The van der Waals surface area contributed by atoms with Crippen molar-refractivity contribution >= 4 is 27.0 Å². The summed E-state index contributed by atoms with van der Waals surface area (Å²) in [6, 6.07) is 1.95. The fourth-order valence-electron chi connectivity index (χ4n) is 0.843. The van der Waals surface area contributed by atoms with Gasteiger partial charge < -0.3 is 4.98 Å². The zero-order valence-corrected chi connectivity index (χ0v) is 6.59. The average Bonchev–Trinajstić information content (AvgIpc) is 2.36. The molecule has 0 amide bonds. The summed E-state index contributed by atoms with van der Waals surface area (Å²) >= 11 is 3.35. The number of aromatic amines is 1. The molecule has 0 unspecified atom stereocenters. The summed E-state index contributed by atoms with van der Waals surface area (Å²) < 4.78 is 0.971. The van der Waals surface area contributed by atoms with Crippen LogP contribution in [0.3, 0.4) is 0 Å². The van der Waals surface area contributed by atoms with Crippen LogP contribution in [0.4, 0.5) is 0 Å². The fraction of sp³-hybridized carbons (Fsp3) is 0. The minimum absolute atomic E-state index is 0.814. The molecular weight excluding hydrogens is 194 g/mol. The highest BCUT2D eigenvalue weighted by Gasteiger charge is 1.98. The number of nitrogens with one attached hydrogen (secondary N) is 1. The van der Waals surface area contributed by atoms with E-state index in [1.807, 2.05) is 12.3 Å². The van der Waals surface area contributed by atoms with Gasteiger partial charge in [0.25, 0.3) is 0 Å². The first-order valence-corrected chi connectivity index (χ1v) is 3.61. The second kappa shape index (κ2) is 2.05. The second-order valence-corrected chi connectivity index (χ2v) is 2.79. The third-order valence-corrected chi connectivity index (χ3v) is 1.94. The Morgan fingerprint density at radius 3 is 3.20 bits per heavy atom. The first-order valence-electron chi connectivity index (χ1n) is 2.82. The molecule has 2 rings (SSSR count). The van der Waals surface area contributed by atoms with Crippen LogP contribution in [-0.4, -0.2) is 15.2 Å². The van der Waals surface area contributed by atoms with Gasteiger partial charge >= 0.3 is 0 Å². The van der Waals surface area contributed by atoms with Gasteiger partial charge in [0.2, 0.25) is 0 Å². The van der Waals surface area contributed by atoms with Crippen molar-refractivity contribution in [3.8, 4) is 0 Å². The van der Waals surface area contributed by atoms with Crippen molar-refractivity contribution in [3.05, 3.63) is 22.9 Å². The first-order chi connectivity index (χ1) is 4.88. The number of H-pyrrole nitrogens is 1. The molecule has 0 saturated carbocycles. The third kappa shape index (κ3) is 0.724. The van der Waals surface area contributed by atoms with Gasteiger partial charge in [-0.1, -0.05) is 0 Å². The molecule has 0 saturated heterocycles. The van der Waals surface area contributed by atoms with Crippen molar-refractivity contribution in [1.29, 1.82) is 0 Å². The number of hydrogen-bond acceptors (Lipinski definition) is 2. The molecule has 50 valence electrons. The molecule has 3 nitrogen and oxygen atoms in total. The number of nitrogens with zero attached hydrogens (tertiary/aromatic N) is 2. The Bertz CT molecular complexity index is 355. The SMILES string of the molecule is Brc1cnnc2[nH]ccc12. The smallest absolute Gasteiger partial charge is 0.161 e. The molecule has 2 aromatic rings. The summed E-state index contributed by atoms with van der Waals surface area (Å²) in [6.07, 6.45) is 3.51. The van der Waals surface area contributed by atoms with E-state index in [1.165, 1.54) is 0 Å². The molecule has 0 aliphatic carbocycles. The molecule has 0 atom stereocenters. The third-order valence-electron chi connectivity index (χ3n) is 1.31. The zero-order chi connectivity index (χ0) is 6.97. The standard InChI is InChI=1S/C6H4BrN3/c7-5-3-9-10-6-4(5)1-2-8-6/h1-3H,(H,8,10). The maximum absolute atomic E-state index is 3.87. The van der Waals surface area contributed by atoms with Crippen LogP contribution in [0.15, 0.2) is 22.9 Å². The molecule has 4 heteroatoms. The van der Waals surface area contributed by atoms with Crippen LogP contribution in [0.25, 0.3) is 11.0 Å². The molecule has 0 bridgehead atoms. The van der Waals surface area contributed by atoms with Crippen LogP contribution in [0, 0.1) is 0 Å². The molecular formula is C6H4BrN3. The van der Waals surface area contributed by atoms with E-state index >= 15 is 0 Å². The molecule has 10 heavy (non-hydrogen) atoms. The summed E-state index contributed by atoms with van der Waals surface area (Å²) in [5.41, 5.74) is 0.814. The van der Waals surface area contributed by atoms with Crippen molar-refractivity contribution in [1.82, 2.24) is 15.2 Å². The number of rotatable bonds is 0. The normalized spacial score (nSPS) is 10.5. The second-order valence-electron chi connectivity index (χ2n) is 1.93. The fourth-order valence-corrected chi connectivity index (χ4v) is 1.25. The number of hydrogen-bond donors (Lipinski definition) is 1. The van der Waals surface area contributed by atoms with Crippen molar-refractivity contribution in [2.24, 2.45) is 0 Å². The van der Waals surface area contributed by atoms with Gasteiger partial charge in [0.05, 0.1) is 6.20 Å². The van der Waals surface area contributed by atoms with E-state index in [1.54, 1.807) is 6.20 Å². The van der Waals surface area contributed by atoms with Gasteiger partial charge in [0, 0.05) is 16.1 Å². The van der Waals surface area contributed by atoms with E-state index in [-0.39, 0.29) is 0 Å². The Kier molecular flexibility index (Phi) is 1.20. The summed E-state index contributed by atoms with van der Waals surface area (Å²) in [4.78, 5) is 2.96. The highest BCUT2D eigenvalue weighted by atomic mass is 79.9. The molecule has 2 aromatic heterocycles. The molecule has 0 radical (unpaired) electrons. The lowest BCUT2D eigenvalue weighted by atomic mass is 10.4. The van der Waals surface area contributed by atoms with Gasteiger partial charge in [0.1, 0.15) is 0 Å². The van der Waals surface area contributed by atoms with Crippen LogP contribution in [0.5, 0.6) is 0 Å². The van der Waals surface area contributed by atoms with Crippen molar-refractivity contribution < 1.29 is 0 Å². The lowest BCUT2D eigenvalue weighted by Gasteiger charge is -1.88. The van der Waals surface area contributed by atoms with Crippen LogP contribution in [-0.2, 0) is 0 Å². The van der Waals surface area contributed by atoms with E-state index in [0.29, 0.717) is 0 Å². The topological polar surface area (TPSA) is 41.6 Å². The van der Waals surface area contributed by atoms with Gasteiger partial charge in [0.15, 0.2) is 5.65 Å². The maximum atomic E-state index is 3.87. The predicted molar refractivity (Wildman–Crippen MR) is 41.6 cm³/mol. The van der Waals surface area contributed by atoms with E-state index in [4.69, 9.17) is 0 Å². The van der Waals surface area contributed by atoms with Gasteiger partial charge in [-0.05, 0) is 22.0 Å². The zero-order valence-electron chi connectivity index (χ0n) is 5.00. The minimum Gasteiger partial charge on any atom is -0.345 e. The Morgan fingerprint density at radius 2 is 2.40 bits per heavy atom. The van der Waals surface area contributed by atoms with Crippen LogP contribution >= 0.6 is 15.9 Å². The van der Waals surface area contributed by atoms with Gasteiger partial charge in [-0.15, -0.1) is 5.10 Å². The molecule has 1 N–H and O–H groups in total. The van der Waals surface area contributed by atoms with Crippen LogP contribution in [0.1, 0.15) is 0 Å². The van der Waals surface area contributed by atoms with Crippen LogP contribution in [0.2, 0.25) is 0 Å². The Balaban J connectivity index is 2.95. The van der Waals surface area contributed by atoms with Crippen molar-refractivity contribution in [2.45, 2.75) is 0 Å². The van der Waals surface area contributed by atoms with Crippen LogP contribution < -0.4 is 0 Å². The average molecular weight is 198 g/mol. The highest BCUT2D eigenvalue weighted by Crippen LogP contribution is 2.18. The molecule has 0 fully saturated rings. The molecule has 0 aliphatic heterocycles. The number of halogens is 1. The Labute approximate surface area is 65.6 Å². The summed E-state index contributed by atoms with van der Waals surface area (Å²) in [7, 11) is 0. The lowest BCUT2D eigenvalue weighted by molar-refractivity contribution is 1.05. The van der Waals surface area contributed by atoms with E-state index < -0.39 is 0 Å². The number of aromatic nitrogens is 3. The van der Waals surface area contributed by atoms with Gasteiger partial charge in [-0.25, -0.2) is 0 Å². The van der Waals surface area contributed by atoms with Gasteiger partial charge in [-0.3, -0.25) is 0 Å². The van der Waals surface area contributed by atoms with Crippen molar-refractivity contribution in [2.75, 3.05) is 0 Å². The Morgan fingerprint density at radius 1 is 1.50 bits per heavy atom. The van der Waals surface area contributed by atoms with E-state index in [9.17, 15) is 0 Å². The first kappa shape index (κ1) is 5.85. The quantitative estimate of drug-likeness (QED) is 0.700. The summed E-state index contributed by atoms with van der Waals surface area (Å²) in [5, 5.41) is 8.69. The minimum atomic E-state index is 0.814. The number of fused-ring (bicyclic) bond motifs is 1. The predicted octanol–water partition coefficient (Wildman–Crippen LogP) is 1.72. The lowest BCUT2D eigenvalue weighted by Crippen LogP contribution is -1.80. The Hall–Kier alpha value is -0.900. The largest absolute Gasteiger partial charge is 0.345 e. The molecule has 0 spiro atoms. The van der Waals surface area contributed by atoms with Gasteiger partial charge in [-0.2, -0.15) is 5.10 Å². The van der Waals surface area contributed by atoms with E-state index in [0.717, 1.165) is 15.5 Å². The monoisotopic (exact) mass is 197 g/mol.